The van der Waals surface area contributed by atoms with E-state index in [0.717, 1.165) is 29.5 Å². The van der Waals surface area contributed by atoms with Crippen LogP contribution in [0, 0.1) is 12.7 Å². The first-order valence-electron chi connectivity index (χ1n) is 7.34. The highest BCUT2D eigenvalue weighted by Crippen LogP contribution is 2.32. The summed E-state index contributed by atoms with van der Waals surface area (Å²) in [6.45, 7) is 1.89. The normalized spacial score (nSPS) is 21.5. The van der Waals surface area contributed by atoms with Crippen LogP contribution in [0.3, 0.4) is 0 Å². The third kappa shape index (κ3) is 2.93. The number of aliphatic hydroxyl groups is 1. The maximum atomic E-state index is 13.8. The third-order valence-corrected chi connectivity index (χ3v) is 4.03. The molecule has 2 nitrogen and oxygen atoms in total. The van der Waals surface area contributed by atoms with E-state index >= 15 is 0 Å². The molecule has 0 fully saturated rings. The van der Waals surface area contributed by atoms with Crippen LogP contribution in [-0.2, 0) is 6.42 Å². The number of rotatable bonds is 2. The van der Waals surface area contributed by atoms with Gasteiger partial charge >= 0.3 is 0 Å². The molecule has 1 aliphatic carbocycles. The third-order valence-electron chi connectivity index (χ3n) is 4.03. The minimum Gasteiger partial charge on any atom is -0.484 e. The van der Waals surface area contributed by atoms with Crippen LogP contribution in [0.1, 0.15) is 35.6 Å². The molecule has 0 amide bonds. The predicted molar refractivity (Wildman–Crippen MR) is 79.9 cm³/mol. The number of benzene rings is 2. The summed E-state index contributed by atoms with van der Waals surface area (Å²) in [5.74, 6) is -0.163. The van der Waals surface area contributed by atoms with E-state index in [0.29, 0.717) is 6.42 Å². The van der Waals surface area contributed by atoms with Crippen LogP contribution in [0.5, 0.6) is 5.75 Å². The summed E-state index contributed by atoms with van der Waals surface area (Å²) in [7, 11) is 0. The molecule has 1 N–H and O–H groups in total. The largest absolute Gasteiger partial charge is 0.484 e. The fourth-order valence-electron chi connectivity index (χ4n) is 2.89. The molecule has 21 heavy (non-hydrogen) atoms. The lowest BCUT2D eigenvalue weighted by Crippen LogP contribution is -2.25. The monoisotopic (exact) mass is 286 g/mol. The van der Waals surface area contributed by atoms with Gasteiger partial charge in [-0.3, -0.25) is 0 Å². The zero-order valence-corrected chi connectivity index (χ0v) is 12.1. The Balaban J connectivity index is 1.87. The van der Waals surface area contributed by atoms with Gasteiger partial charge in [-0.15, -0.1) is 0 Å². The standard InChI is InChI=1S/C18H19FO2/c1-12-9-10-15(19)17(11-12)21-16-8-4-6-13-5-2-3-7-14(13)18(16)20/h2-3,5,7,9-11,16,18,20H,4,6,8H2,1H3. The van der Waals surface area contributed by atoms with Gasteiger partial charge in [-0.25, -0.2) is 4.39 Å². The average Bonchev–Trinajstić information content (AvgIpc) is 2.64. The summed E-state index contributed by atoms with van der Waals surface area (Å²) in [5.41, 5.74) is 2.99. The van der Waals surface area contributed by atoms with Crippen molar-refractivity contribution < 1.29 is 14.2 Å². The maximum Gasteiger partial charge on any atom is 0.165 e. The van der Waals surface area contributed by atoms with Gasteiger partial charge in [0, 0.05) is 0 Å². The van der Waals surface area contributed by atoms with Gasteiger partial charge in [0.2, 0.25) is 0 Å². The molecule has 0 bridgehead atoms. The van der Waals surface area contributed by atoms with Gasteiger partial charge in [0.15, 0.2) is 11.6 Å². The van der Waals surface area contributed by atoms with E-state index in [2.05, 4.69) is 0 Å². The average molecular weight is 286 g/mol. The summed E-state index contributed by atoms with van der Waals surface area (Å²) in [4.78, 5) is 0. The van der Waals surface area contributed by atoms with Crippen LogP contribution in [0.25, 0.3) is 0 Å². The molecule has 3 heteroatoms. The Labute approximate surface area is 124 Å². The van der Waals surface area contributed by atoms with Gasteiger partial charge in [0.05, 0.1) is 0 Å². The Morgan fingerprint density at radius 2 is 2.00 bits per heavy atom. The van der Waals surface area contributed by atoms with E-state index in [1.807, 2.05) is 31.2 Å². The van der Waals surface area contributed by atoms with E-state index in [9.17, 15) is 9.50 Å². The topological polar surface area (TPSA) is 29.5 Å². The van der Waals surface area contributed by atoms with Crippen LogP contribution < -0.4 is 4.74 Å². The van der Waals surface area contributed by atoms with Gasteiger partial charge < -0.3 is 9.84 Å². The number of halogens is 1. The molecule has 2 unspecified atom stereocenters. The SMILES string of the molecule is Cc1ccc(F)c(OC2CCCc3ccccc3C2O)c1. The molecule has 0 saturated carbocycles. The minimum atomic E-state index is -0.719. The smallest absolute Gasteiger partial charge is 0.165 e. The van der Waals surface area contributed by atoms with Crippen molar-refractivity contribution in [2.75, 3.05) is 0 Å². The molecule has 2 aromatic carbocycles. The van der Waals surface area contributed by atoms with Gasteiger partial charge in [-0.1, -0.05) is 30.3 Å². The van der Waals surface area contributed by atoms with Crippen LogP contribution in [-0.4, -0.2) is 11.2 Å². The molecule has 110 valence electrons. The molecule has 0 saturated heterocycles. The highest BCUT2D eigenvalue weighted by atomic mass is 19.1. The first-order chi connectivity index (χ1) is 10.1. The van der Waals surface area contributed by atoms with Gasteiger partial charge in [-0.05, 0) is 55.0 Å². The molecule has 0 aliphatic heterocycles. The fraction of sp³-hybridized carbons (Fsp3) is 0.333. The number of aryl methyl sites for hydroxylation is 2. The van der Waals surface area contributed by atoms with E-state index in [-0.39, 0.29) is 11.6 Å². The summed E-state index contributed by atoms with van der Waals surface area (Å²) < 4.78 is 19.6. The molecular weight excluding hydrogens is 267 g/mol. The van der Waals surface area contributed by atoms with E-state index in [1.165, 1.54) is 6.07 Å². The molecule has 3 rings (SSSR count). The number of fused-ring (bicyclic) bond motifs is 1. The zero-order chi connectivity index (χ0) is 14.8. The lowest BCUT2D eigenvalue weighted by atomic mass is 10.0. The Morgan fingerprint density at radius 3 is 2.86 bits per heavy atom. The lowest BCUT2D eigenvalue weighted by Gasteiger charge is -2.23. The van der Waals surface area contributed by atoms with Crippen molar-refractivity contribution in [2.45, 2.75) is 38.4 Å². The summed E-state index contributed by atoms with van der Waals surface area (Å²) in [6, 6.07) is 12.6. The maximum absolute atomic E-state index is 13.8. The quantitative estimate of drug-likeness (QED) is 0.847. The Kier molecular flexibility index (Phi) is 3.93. The van der Waals surface area contributed by atoms with Gasteiger partial charge in [0.25, 0.3) is 0 Å². The number of aliphatic hydroxyl groups excluding tert-OH is 1. The molecule has 0 aromatic heterocycles. The van der Waals surface area contributed by atoms with Crippen LogP contribution in [0.4, 0.5) is 4.39 Å². The second-order valence-corrected chi connectivity index (χ2v) is 5.63. The van der Waals surface area contributed by atoms with Crippen LogP contribution in [0.2, 0.25) is 0 Å². The summed E-state index contributed by atoms with van der Waals surface area (Å²) in [6.07, 6.45) is 1.42. The molecule has 2 atom stereocenters. The number of hydrogen-bond acceptors (Lipinski definition) is 2. The van der Waals surface area contributed by atoms with E-state index < -0.39 is 12.2 Å². The van der Waals surface area contributed by atoms with Crippen molar-refractivity contribution in [3.8, 4) is 5.75 Å². The fourth-order valence-corrected chi connectivity index (χ4v) is 2.89. The molecule has 1 aliphatic rings. The van der Waals surface area contributed by atoms with Gasteiger partial charge in [0.1, 0.15) is 12.2 Å². The first kappa shape index (κ1) is 14.1. The van der Waals surface area contributed by atoms with Crippen molar-refractivity contribution in [3.05, 3.63) is 65.0 Å². The highest BCUT2D eigenvalue weighted by Gasteiger charge is 2.28. The molecule has 0 heterocycles. The van der Waals surface area contributed by atoms with Crippen LogP contribution >= 0.6 is 0 Å². The molecule has 0 radical (unpaired) electrons. The van der Waals surface area contributed by atoms with Crippen molar-refractivity contribution in [2.24, 2.45) is 0 Å². The van der Waals surface area contributed by atoms with Crippen LogP contribution in [0.15, 0.2) is 42.5 Å². The Morgan fingerprint density at radius 1 is 1.19 bits per heavy atom. The second-order valence-electron chi connectivity index (χ2n) is 5.63. The van der Waals surface area contributed by atoms with E-state index in [4.69, 9.17) is 4.74 Å². The minimum absolute atomic E-state index is 0.221. The molecule has 2 aromatic rings. The summed E-state index contributed by atoms with van der Waals surface area (Å²) >= 11 is 0. The van der Waals surface area contributed by atoms with Crippen molar-refractivity contribution in [1.29, 1.82) is 0 Å². The Bertz CT molecular complexity index is 639. The second kappa shape index (κ2) is 5.86. The van der Waals surface area contributed by atoms with Crippen molar-refractivity contribution in [1.82, 2.24) is 0 Å². The highest BCUT2D eigenvalue weighted by molar-refractivity contribution is 5.33. The number of ether oxygens (including phenoxy) is 1. The predicted octanol–water partition coefficient (Wildman–Crippen LogP) is 3.95. The molecular formula is C18H19FO2. The van der Waals surface area contributed by atoms with E-state index in [1.54, 1.807) is 12.1 Å². The van der Waals surface area contributed by atoms with Gasteiger partial charge in [-0.2, -0.15) is 0 Å². The number of hydrogen-bond donors (Lipinski definition) is 1. The summed E-state index contributed by atoms with van der Waals surface area (Å²) in [5, 5.41) is 10.6. The Hall–Kier alpha value is -1.87. The first-order valence-corrected chi connectivity index (χ1v) is 7.34. The van der Waals surface area contributed by atoms with Crippen molar-refractivity contribution in [3.63, 3.8) is 0 Å². The zero-order valence-electron chi connectivity index (χ0n) is 12.1. The molecule has 0 spiro atoms. The van der Waals surface area contributed by atoms with Crippen molar-refractivity contribution >= 4 is 0 Å². The lowest BCUT2D eigenvalue weighted by molar-refractivity contribution is 0.0298.